The minimum absolute atomic E-state index is 0.0227. The number of rotatable bonds is 8. The maximum absolute atomic E-state index is 12.0. The van der Waals surface area contributed by atoms with Gasteiger partial charge in [-0.1, -0.05) is 25.9 Å². The van der Waals surface area contributed by atoms with Crippen LogP contribution in [0.5, 0.6) is 0 Å². The number of carbonyl (C=O) groups excluding carboxylic acids is 1. The van der Waals surface area contributed by atoms with Gasteiger partial charge in [0.2, 0.25) is 11.7 Å². The zero-order chi connectivity index (χ0) is 15.1. The van der Waals surface area contributed by atoms with E-state index in [2.05, 4.69) is 10.1 Å². The molecule has 0 aliphatic heterocycles. The van der Waals surface area contributed by atoms with Crippen LogP contribution < -0.4 is 0 Å². The van der Waals surface area contributed by atoms with Crippen molar-refractivity contribution in [1.82, 2.24) is 10.1 Å². The first kappa shape index (κ1) is 16.6. The molecule has 6 heteroatoms. The van der Waals surface area contributed by atoms with Crippen molar-refractivity contribution in [2.45, 2.75) is 53.1 Å². The highest BCUT2D eigenvalue weighted by Crippen LogP contribution is 2.27. The molecule has 0 N–H and O–H groups in total. The van der Waals surface area contributed by atoms with Crippen LogP contribution in [0.25, 0.3) is 0 Å². The summed E-state index contributed by atoms with van der Waals surface area (Å²) in [6, 6.07) is 0. The lowest BCUT2D eigenvalue weighted by atomic mass is 9.96. The van der Waals surface area contributed by atoms with Crippen LogP contribution in [0.1, 0.15) is 64.8 Å². The Morgan fingerprint density at radius 2 is 1.95 bits per heavy atom. The van der Waals surface area contributed by atoms with Crippen LogP contribution in [0.3, 0.4) is 0 Å². The number of hydrogen-bond donors (Lipinski definition) is 0. The summed E-state index contributed by atoms with van der Waals surface area (Å²) in [6.45, 7) is 10.4. The van der Waals surface area contributed by atoms with Gasteiger partial charge in [-0.15, -0.1) is 0 Å². The van der Waals surface area contributed by atoms with Crippen LogP contribution in [0.4, 0.5) is 0 Å². The third-order valence-corrected chi connectivity index (χ3v) is 2.96. The summed E-state index contributed by atoms with van der Waals surface area (Å²) in [4.78, 5) is 16.3. The summed E-state index contributed by atoms with van der Waals surface area (Å²) >= 11 is 0. The highest BCUT2D eigenvalue weighted by atomic mass is 16.5. The number of aromatic nitrogens is 2. The quantitative estimate of drug-likeness (QED) is 0.683. The minimum Gasteiger partial charge on any atom is -0.465 e. The number of nitrogens with zero attached hydrogens (tertiary/aromatic N) is 2. The number of carbonyl (C=O) groups is 1. The summed E-state index contributed by atoms with van der Waals surface area (Å²) in [6.07, 6.45) is 0.547. The fraction of sp³-hybridized carbons (Fsp3) is 0.786. The molecule has 0 radical (unpaired) electrons. The van der Waals surface area contributed by atoms with Crippen molar-refractivity contribution in [3.8, 4) is 0 Å². The van der Waals surface area contributed by atoms with Crippen molar-refractivity contribution in [2.75, 3.05) is 13.2 Å². The molecule has 0 saturated carbocycles. The van der Waals surface area contributed by atoms with Gasteiger partial charge >= 0.3 is 5.97 Å². The van der Waals surface area contributed by atoms with Gasteiger partial charge in [0, 0.05) is 6.61 Å². The van der Waals surface area contributed by atoms with Gasteiger partial charge in [-0.25, -0.2) is 0 Å². The van der Waals surface area contributed by atoms with E-state index in [0.29, 0.717) is 24.9 Å². The van der Waals surface area contributed by atoms with E-state index in [4.69, 9.17) is 14.0 Å². The first-order valence-corrected chi connectivity index (χ1v) is 7.16. The molecule has 0 fully saturated rings. The number of esters is 1. The molecule has 0 saturated heterocycles. The molecule has 2 unspecified atom stereocenters. The van der Waals surface area contributed by atoms with Crippen LogP contribution in [-0.4, -0.2) is 29.3 Å². The maximum atomic E-state index is 12.0. The number of hydrogen-bond acceptors (Lipinski definition) is 6. The molecule has 6 nitrogen and oxygen atoms in total. The lowest BCUT2D eigenvalue weighted by molar-refractivity contribution is -0.146. The van der Waals surface area contributed by atoms with E-state index in [1.807, 2.05) is 27.7 Å². The van der Waals surface area contributed by atoms with Gasteiger partial charge in [-0.3, -0.25) is 4.79 Å². The molecule has 0 spiro atoms. The van der Waals surface area contributed by atoms with Gasteiger partial charge in [0.05, 0.1) is 6.61 Å². The summed E-state index contributed by atoms with van der Waals surface area (Å²) in [5.41, 5.74) is 0. The molecule has 0 aromatic carbocycles. The van der Waals surface area contributed by atoms with Gasteiger partial charge in [0.15, 0.2) is 0 Å². The van der Waals surface area contributed by atoms with Crippen LogP contribution in [0.2, 0.25) is 0 Å². The van der Waals surface area contributed by atoms with Crippen LogP contribution >= 0.6 is 0 Å². The van der Waals surface area contributed by atoms with E-state index >= 15 is 0 Å². The zero-order valence-electron chi connectivity index (χ0n) is 12.9. The molecule has 0 aliphatic rings. The van der Waals surface area contributed by atoms with Gasteiger partial charge in [-0.05, 0) is 26.2 Å². The molecule has 0 aliphatic carbocycles. The van der Waals surface area contributed by atoms with Crippen molar-refractivity contribution < 1.29 is 18.8 Å². The van der Waals surface area contributed by atoms with Gasteiger partial charge in [-0.2, -0.15) is 4.98 Å². The third-order valence-electron chi connectivity index (χ3n) is 2.96. The molecule has 0 bridgehead atoms. The molecule has 2 atom stereocenters. The summed E-state index contributed by atoms with van der Waals surface area (Å²) in [7, 11) is 0. The van der Waals surface area contributed by atoms with E-state index in [1.165, 1.54) is 0 Å². The van der Waals surface area contributed by atoms with E-state index < -0.39 is 5.92 Å². The van der Waals surface area contributed by atoms with Crippen LogP contribution in [0, 0.1) is 5.92 Å². The average Bonchev–Trinajstić information content (AvgIpc) is 2.85. The predicted molar refractivity (Wildman–Crippen MR) is 73.2 cm³/mol. The first-order valence-electron chi connectivity index (χ1n) is 7.16. The normalized spacial score (nSPS) is 14.3. The SMILES string of the molecule is CCOC(=O)C(c1nc(C(CC)OCC)no1)C(C)C. The molecule has 114 valence electrons. The molecular weight excluding hydrogens is 260 g/mol. The molecule has 1 aromatic rings. The minimum atomic E-state index is -0.532. The van der Waals surface area contributed by atoms with Gasteiger partial charge in [0.1, 0.15) is 12.0 Å². The molecule has 1 rings (SSSR count). The second kappa shape index (κ2) is 7.99. The van der Waals surface area contributed by atoms with Crippen LogP contribution in [0.15, 0.2) is 4.52 Å². The molecule has 1 heterocycles. The predicted octanol–water partition coefficient (Wildman–Crippen LogP) is 2.86. The van der Waals surface area contributed by atoms with Crippen molar-refractivity contribution >= 4 is 5.97 Å². The van der Waals surface area contributed by atoms with E-state index in [1.54, 1.807) is 6.92 Å². The van der Waals surface area contributed by atoms with Crippen molar-refractivity contribution in [2.24, 2.45) is 5.92 Å². The summed E-state index contributed by atoms with van der Waals surface area (Å²) in [5, 5.41) is 3.93. The zero-order valence-corrected chi connectivity index (χ0v) is 12.9. The van der Waals surface area contributed by atoms with E-state index in [9.17, 15) is 4.79 Å². The molecule has 0 amide bonds. The Labute approximate surface area is 119 Å². The summed E-state index contributed by atoms with van der Waals surface area (Å²) in [5.74, 6) is -0.0575. The standard InChI is InChI=1S/C14H24N2O4/c1-6-10(18-7-2)12-15-13(20-16-12)11(9(4)5)14(17)19-8-3/h9-11H,6-8H2,1-5H3. The monoisotopic (exact) mass is 284 g/mol. The molecule has 20 heavy (non-hydrogen) atoms. The Hall–Kier alpha value is -1.43. The van der Waals surface area contributed by atoms with Gasteiger partial charge < -0.3 is 14.0 Å². The molecular formula is C14H24N2O4. The Bertz CT molecular complexity index is 417. The molecule has 1 aromatic heterocycles. The highest BCUT2D eigenvalue weighted by molar-refractivity contribution is 5.77. The second-order valence-corrected chi connectivity index (χ2v) is 4.82. The smallest absolute Gasteiger partial charge is 0.318 e. The Kier molecular flexibility index (Phi) is 6.64. The fourth-order valence-corrected chi connectivity index (χ4v) is 1.97. The fourth-order valence-electron chi connectivity index (χ4n) is 1.97. The lowest BCUT2D eigenvalue weighted by Crippen LogP contribution is -2.21. The Morgan fingerprint density at radius 3 is 2.45 bits per heavy atom. The van der Waals surface area contributed by atoms with Crippen molar-refractivity contribution in [3.63, 3.8) is 0 Å². The maximum Gasteiger partial charge on any atom is 0.318 e. The van der Waals surface area contributed by atoms with E-state index in [-0.39, 0.29) is 18.0 Å². The van der Waals surface area contributed by atoms with Crippen molar-refractivity contribution in [1.29, 1.82) is 0 Å². The Morgan fingerprint density at radius 1 is 1.25 bits per heavy atom. The van der Waals surface area contributed by atoms with Crippen molar-refractivity contribution in [3.05, 3.63) is 11.7 Å². The van der Waals surface area contributed by atoms with Crippen LogP contribution in [-0.2, 0) is 14.3 Å². The highest BCUT2D eigenvalue weighted by Gasteiger charge is 2.32. The number of ether oxygens (including phenoxy) is 2. The topological polar surface area (TPSA) is 74.5 Å². The lowest BCUT2D eigenvalue weighted by Gasteiger charge is -2.14. The first-order chi connectivity index (χ1) is 9.54. The average molecular weight is 284 g/mol. The largest absolute Gasteiger partial charge is 0.465 e. The Balaban J connectivity index is 2.94. The summed E-state index contributed by atoms with van der Waals surface area (Å²) < 4.78 is 15.8. The second-order valence-electron chi connectivity index (χ2n) is 4.82. The van der Waals surface area contributed by atoms with Gasteiger partial charge in [0.25, 0.3) is 0 Å². The third kappa shape index (κ3) is 4.03. The van der Waals surface area contributed by atoms with E-state index in [0.717, 1.165) is 6.42 Å².